The summed E-state index contributed by atoms with van der Waals surface area (Å²) in [7, 11) is 0. The zero-order chi connectivity index (χ0) is 21.8. The van der Waals surface area contributed by atoms with Crippen LogP contribution in [0.1, 0.15) is 73.6 Å². The number of carbonyl (C=O) groups excluding carboxylic acids is 2. The second kappa shape index (κ2) is 9.80. The summed E-state index contributed by atoms with van der Waals surface area (Å²) in [5.74, 6) is 0.0983. The summed E-state index contributed by atoms with van der Waals surface area (Å²) in [6.07, 6.45) is 5.67. The Balaban J connectivity index is 2.43. The Hall–Kier alpha value is -1.10. The minimum atomic E-state index is -0.270. The number of esters is 1. The van der Waals surface area contributed by atoms with Crippen molar-refractivity contribution in [1.29, 1.82) is 0 Å². The van der Waals surface area contributed by atoms with Gasteiger partial charge in [-0.1, -0.05) is 32.5 Å². The van der Waals surface area contributed by atoms with Gasteiger partial charge in [0.2, 0.25) is 4.38 Å². The van der Waals surface area contributed by atoms with Gasteiger partial charge in [0.15, 0.2) is 0 Å². The molecule has 0 saturated heterocycles. The number of rotatable bonds is 6. The molecule has 0 aromatic carbocycles. The van der Waals surface area contributed by atoms with Crippen LogP contribution in [0.4, 0.5) is 0 Å². The van der Waals surface area contributed by atoms with Gasteiger partial charge in [0, 0.05) is 30.1 Å². The first kappa shape index (κ1) is 24.2. The molecule has 2 unspecified atom stereocenters. The summed E-state index contributed by atoms with van der Waals surface area (Å²) < 4.78 is 11.9. The van der Waals surface area contributed by atoms with Crippen LogP contribution in [-0.4, -0.2) is 34.1 Å². The molecule has 0 amide bonds. The highest BCUT2D eigenvalue weighted by atomic mass is 32.2. The predicted molar refractivity (Wildman–Crippen MR) is 122 cm³/mol. The minimum absolute atomic E-state index is 0.00187. The van der Waals surface area contributed by atoms with E-state index < -0.39 is 0 Å². The maximum atomic E-state index is 11.8. The van der Waals surface area contributed by atoms with Crippen molar-refractivity contribution in [3.05, 3.63) is 17.4 Å². The fourth-order valence-corrected chi connectivity index (χ4v) is 7.30. The third-order valence-electron chi connectivity index (χ3n) is 5.82. The van der Waals surface area contributed by atoms with Crippen molar-refractivity contribution in [2.45, 2.75) is 85.0 Å². The van der Waals surface area contributed by atoms with Gasteiger partial charge in [-0.3, -0.25) is 4.79 Å². The van der Waals surface area contributed by atoms with E-state index in [0.717, 1.165) is 24.8 Å². The van der Waals surface area contributed by atoms with Crippen LogP contribution in [0.15, 0.2) is 17.4 Å². The van der Waals surface area contributed by atoms with Crippen molar-refractivity contribution in [3.63, 3.8) is 0 Å². The lowest BCUT2D eigenvalue weighted by molar-refractivity contribution is -0.144. The lowest BCUT2D eigenvalue weighted by atomic mass is 9.60. The molecule has 4 nitrogen and oxygen atoms in total. The van der Waals surface area contributed by atoms with E-state index in [9.17, 15) is 9.59 Å². The van der Waals surface area contributed by atoms with Crippen LogP contribution in [0.5, 0.6) is 0 Å². The van der Waals surface area contributed by atoms with Gasteiger partial charge in [0.05, 0.1) is 6.61 Å². The second-order valence-corrected chi connectivity index (χ2v) is 11.2. The number of hydrogen-bond donors (Lipinski definition) is 0. The van der Waals surface area contributed by atoms with Crippen LogP contribution in [0.3, 0.4) is 0 Å². The summed E-state index contributed by atoms with van der Waals surface area (Å²) in [6, 6.07) is 0. The molecule has 0 bridgehead atoms. The molecule has 29 heavy (non-hydrogen) atoms. The van der Waals surface area contributed by atoms with Crippen LogP contribution in [0, 0.1) is 16.7 Å². The van der Waals surface area contributed by atoms with E-state index in [-0.39, 0.29) is 39.9 Å². The number of fused-ring (bicyclic) bond motifs is 1. The molecule has 4 atom stereocenters. The van der Waals surface area contributed by atoms with Gasteiger partial charge in [0.1, 0.15) is 11.9 Å². The number of Topliss-reactive ketones (excluding diaryl/α,β-unsaturated/α-hetero) is 1. The third kappa shape index (κ3) is 6.44. The van der Waals surface area contributed by atoms with Gasteiger partial charge in [0.25, 0.3) is 0 Å². The summed E-state index contributed by atoms with van der Waals surface area (Å²) in [4.78, 5) is 23.1. The van der Waals surface area contributed by atoms with Gasteiger partial charge in [-0.25, -0.2) is 0 Å². The standard InChI is InChI=1S/C23H34O4S2/c1-7-26-21(28)29-19-13-22(4,5)14-23(6)12-18(27-16(3)25)17(20(19)23)11-9-8-10-15(2)24/h9,18-20H,7-8,10,12-14H2,1-6H3/t11?,18?,19?,20-,23+/m0/s1. The number of hydrogen-bond acceptors (Lipinski definition) is 6. The Morgan fingerprint density at radius 3 is 2.55 bits per heavy atom. The Bertz CT molecular complexity index is 720. The molecular formula is C23H34O4S2. The highest BCUT2D eigenvalue weighted by molar-refractivity contribution is 8.23. The number of thiocarbonyl (C=S) groups is 1. The minimum Gasteiger partial charge on any atom is -0.479 e. The van der Waals surface area contributed by atoms with Crippen molar-refractivity contribution in [3.8, 4) is 0 Å². The molecule has 0 spiro atoms. The van der Waals surface area contributed by atoms with Crippen molar-refractivity contribution in [2.24, 2.45) is 16.7 Å². The molecule has 0 N–H and O–H groups in total. The number of thioether (sulfide) groups is 1. The Morgan fingerprint density at radius 1 is 1.28 bits per heavy atom. The van der Waals surface area contributed by atoms with E-state index in [0.29, 0.717) is 23.8 Å². The average molecular weight is 439 g/mol. The third-order valence-corrected chi connectivity index (χ3v) is 7.28. The summed E-state index contributed by atoms with van der Waals surface area (Å²) in [6.45, 7) is 12.5. The number of carbonyl (C=O) groups is 2. The number of ether oxygens (including phenoxy) is 2. The summed E-state index contributed by atoms with van der Waals surface area (Å²) in [5, 5.41) is 0.243. The fourth-order valence-electron chi connectivity index (χ4n) is 5.23. The van der Waals surface area contributed by atoms with Crippen molar-refractivity contribution < 1.29 is 19.1 Å². The molecule has 0 aromatic heterocycles. The highest BCUT2D eigenvalue weighted by Crippen LogP contribution is 2.62. The summed E-state index contributed by atoms with van der Waals surface area (Å²) >= 11 is 7.09. The van der Waals surface area contributed by atoms with Crippen LogP contribution in [0.25, 0.3) is 0 Å². The highest BCUT2D eigenvalue weighted by Gasteiger charge is 2.57. The first-order valence-electron chi connectivity index (χ1n) is 10.4. The molecular weight excluding hydrogens is 404 g/mol. The lowest BCUT2D eigenvalue weighted by Crippen LogP contribution is -2.43. The largest absolute Gasteiger partial charge is 0.479 e. The lowest BCUT2D eigenvalue weighted by Gasteiger charge is -2.48. The van der Waals surface area contributed by atoms with Crippen molar-refractivity contribution >= 4 is 40.1 Å². The van der Waals surface area contributed by atoms with E-state index in [1.807, 2.05) is 13.0 Å². The maximum Gasteiger partial charge on any atom is 0.303 e. The molecule has 6 heteroatoms. The monoisotopic (exact) mass is 438 g/mol. The van der Waals surface area contributed by atoms with E-state index in [4.69, 9.17) is 21.7 Å². The normalized spacial score (nSPS) is 30.1. The molecule has 2 saturated carbocycles. The van der Waals surface area contributed by atoms with Gasteiger partial charge in [-0.15, -0.1) is 5.73 Å². The van der Waals surface area contributed by atoms with Crippen molar-refractivity contribution in [2.75, 3.05) is 6.61 Å². The van der Waals surface area contributed by atoms with Gasteiger partial charge in [-0.2, -0.15) is 0 Å². The molecule has 2 aliphatic rings. The smallest absolute Gasteiger partial charge is 0.303 e. The Morgan fingerprint density at radius 2 is 1.97 bits per heavy atom. The molecule has 2 fully saturated rings. The topological polar surface area (TPSA) is 52.6 Å². The molecule has 0 aromatic rings. The zero-order valence-electron chi connectivity index (χ0n) is 18.5. The van der Waals surface area contributed by atoms with Crippen LogP contribution in [0.2, 0.25) is 0 Å². The summed E-state index contributed by atoms with van der Waals surface area (Å²) in [5.41, 5.74) is 4.65. The van der Waals surface area contributed by atoms with Crippen LogP contribution < -0.4 is 0 Å². The molecule has 2 aliphatic carbocycles. The Kier molecular flexibility index (Phi) is 8.17. The van der Waals surface area contributed by atoms with Crippen molar-refractivity contribution in [1.82, 2.24) is 0 Å². The van der Waals surface area contributed by atoms with Crippen LogP contribution >= 0.6 is 24.0 Å². The first-order chi connectivity index (χ1) is 13.5. The average Bonchev–Trinajstić information content (AvgIpc) is 2.80. The van der Waals surface area contributed by atoms with E-state index >= 15 is 0 Å². The van der Waals surface area contributed by atoms with E-state index in [1.165, 1.54) is 6.92 Å². The number of ketones is 1. The van der Waals surface area contributed by atoms with Gasteiger partial charge >= 0.3 is 5.97 Å². The molecule has 0 heterocycles. The molecule has 0 aliphatic heterocycles. The molecule has 162 valence electrons. The van der Waals surface area contributed by atoms with Crippen LogP contribution in [-0.2, 0) is 19.1 Å². The molecule has 2 rings (SSSR count). The maximum absolute atomic E-state index is 11.8. The van der Waals surface area contributed by atoms with Gasteiger partial charge < -0.3 is 14.3 Å². The first-order valence-corrected chi connectivity index (χ1v) is 11.7. The zero-order valence-corrected chi connectivity index (χ0v) is 20.1. The fraction of sp³-hybridized carbons (Fsp3) is 0.739. The van der Waals surface area contributed by atoms with E-state index in [1.54, 1.807) is 18.7 Å². The van der Waals surface area contributed by atoms with E-state index in [2.05, 4.69) is 26.5 Å². The Labute approximate surface area is 184 Å². The van der Waals surface area contributed by atoms with Gasteiger partial charge in [-0.05, 0) is 68.7 Å². The predicted octanol–water partition coefficient (Wildman–Crippen LogP) is 5.64. The second-order valence-electron chi connectivity index (χ2n) is 9.36. The quantitative estimate of drug-likeness (QED) is 0.304. The SMILES string of the molecule is CCOC(=S)SC1CC(C)(C)C[C@@]2(C)CC(OC(C)=O)C(=C=CCCC(C)=O)[C@@H]12. The molecule has 0 radical (unpaired) electrons.